The minimum absolute atomic E-state index is 0.440. The second-order valence-corrected chi connectivity index (χ2v) is 6.34. The molecule has 0 saturated heterocycles. The van der Waals surface area contributed by atoms with E-state index in [1.54, 1.807) is 0 Å². The number of benzene rings is 2. The Bertz CT molecular complexity index is 686. The first-order chi connectivity index (χ1) is 10.3. The Balaban J connectivity index is 1.83. The zero-order valence-electron chi connectivity index (χ0n) is 12.7. The second-order valence-electron chi connectivity index (χ2n) is 6.34. The summed E-state index contributed by atoms with van der Waals surface area (Å²) in [6, 6.07) is 21.3. The fraction of sp³-hybridized carbons (Fsp3) is 0.300. The van der Waals surface area contributed by atoms with Gasteiger partial charge in [-0.1, -0.05) is 66.2 Å². The maximum Gasteiger partial charge on any atom is 0.0549 e. The van der Waals surface area contributed by atoms with E-state index in [0.29, 0.717) is 18.1 Å². The molecule has 2 heterocycles. The zero-order chi connectivity index (χ0) is 14.4. The molecule has 0 radical (unpaired) electrons. The fourth-order valence-electron chi connectivity index (χ4n) is 4.08. The Morgan fingerprint density at radius 2 is 1.57 bits per heavy atom. The molecule has 3 atom stereocenters. The highest BCUT2D eigenvalue weighted by Gasteiger charge is 2.41. The molecular weight excluding hydrogens is 254 g/mol. The van der Waals surface area contributed by atoms with Crippen LogP contribution < -0.4 is 0 Å². The molecule has 2 aliphatic rings. The Morgan fingerprint density at radius 3 is 2.33 bits per heavy atom. The SMILES string of the molecule is CC1=C[C@H]2c3ccccc3[C@H](C)N2[C@H](c2ccccc2)C1. The van der Waals surface area contributed by atoms with E-state index in [0.717, 1.165) is 6.42 Å². The van der Waals surface area contributed by atoms with E-state index < -0.39 is 0 Å². The molecule has 21 heavy (non-hydrogen) atoms. The predicted molar refractivity (Wildman–Crippen MR) is 87.0 cm³/mol. The maximum atomic E-state index is 2.69. The first-order valence-corrected chi connectivity index (χ1v) is 7.84. The quantitative estimate of drug-likeness (QED) is 0.647. The Labute approximate surface area is 126 Å². The number of rotatable bonds is 1. The number of hydrogen-bond donors (Lipinski definition) is 0. The summed E-state index contributed by atoms with van der Waals surface area (Å²) in [5.74, 6) is 0. The molecule has 2 aliphatic heterocycles. The van der Waals surface area contributed by atoms with E-state index in [4.69, 9.17) is 0 Å². The van der Waals surface area contributed by atoms with Crippen molar-refractivity contribution in [3.05, 3.63) is 82.9 Å². The lowest BCUT2D eigenvalue weighted by Gasteiger charge is -2.39. The smallest absolute Gasteiger partial charge is 0.0549 e. The third-order valence-electron chi connectivity index (χ3n) is 5.04. The average molecular weight is 275 g/mol. The van der Waals surface area contributed by atoms with Gasteiger partial charge in [-0.25, -0.2) is 0 Å². The van der Waals surface area contributed by atoms with Gasteiger partial charge < -0.3 is 0 Å². The number of fused-ring (bicyclic) bond motifs is 3. The van der Waals surface area contributed by atoms with Crippen molar-refractivity contribution in [1.82, 2.24) is 4.90 Å². The predicted octanol–water partition coefficient (Wildman–Crippen LogP) is 5.20. The fourth-order valence-corrected chi connectivity index (χ4v) is 4.08. The van der Waals surface area contributed by atoms with Crippen LogP contribution in [0.15, 0.2) is 66.2 Å². The van der Waals surface area contributed by atoms with Gasteiger partial charge in [0.25, 0.3) is 0 Å². The lowest BCUT2D eigenvalue weighted by molar-refractivity contribution is 0.120. The van der Waals surface area contributed by atoms with Gasteiger partial charge in [-0.2, -0.15) is 0 Å². The molecular formula is C20H21N. The first-order valence-electron chi connectivity index (χ1n) is 7.84. The van der Waals surface area contributed by atoms with Gasteiger partial charge in [0.1, 0.15) is 0 Å². The minimum atomic E-state index is 0.440. The van der Waals surface area contributed by atoms with E-state index in [-0.39, 0.29) is 0 Å². The van der Waals surface area contributed by atoms with Gasteiger partial charge in [0.2, 0.25) is 0 Å². The van der Waals surface area contributed by atoms with Crippen molar-refractivity contribution in [3.63, 3.8) is 0 Å². The summed E-state index contributed by atoms with van der Waals surface area (Å²) in [4.78, 5) is 2.69. The van der Waals surface area contributed by atoms with E-state index in [2.05, 4.69) is 79.4 Å². The van der Waals surface area contributed by atoms with Crippen LogP contribution in [0.3, 0.4) is 0 Å². The van der Waals surface area contributed by atoms with E-state index in [1.807, 2.05) is 0 Å². The molecule has 0 N–H and O–H groups in total. The van der Waals surface area contributed by atoms with Crippen LogP contribution in [0, 0.1) is 0 Å². The van der Waals surface area contributed by atoms with Crippen LogP contribution in [0.1, 0.15) is 55.1 Å². The molecule has 2 aromatic rings. The van der Waals surface area contributed by atoms with Crippen LogP contribution in [0.4, 0.5) is 0 Å². The van der Waals surface area contributed by atoms with Crippen molar-refractivity contribution in [1.29, 1.82) is 0 Å². The molecule has 0 fully saturated rings. The molecule has 0 unspecified atom stereocenters. The highest BCUT2D eigenvalue weighted by molar-refractivity contribution is 5.43. The number of nitrogens with zero attached hydrogens (tertiary/aromatic N) is 1. The van der Waals surface area contributed by atoms with Gasteiger partial charge >= 0.3 is 0 Å². The topological polar surface area (TPSA) is 3.24 Å². The molecule has 1 heteroatoms. The lowest BCUT2D eigenvalue weighted by atomic mass is 9.90. The Hall–Kier alpha value is -1.86. The normalized spacial score (nSPS) is 27.9. The van der Waals surface area contributed by atoms with Crippen molar-refractivity contribution in [2.75, 3.05) is 0 Å². The monoisotopic (exact) mass is 275 g/mol. The lowest BCUT2D eigenvalue weighted by Crippen LogP contribution is -2.32. The molecule has 0 saturated carbocycles. The molecule has 0 amide bonds. The van der Waals surface area contributed by atoms with Crippen LogP contribution in [0.25, 0.3) is 0 Å². The van der Waals surface area contributed by atoms with E-state index in [9.17, 15) is 0 Å². The Kier molecular flexibility index (Phi) is 2.97. The van der Waals surface area contributed by atoms with Crippen LogP contribution in [-0.2, 0) is 0 Å². The van der Waals surface area contributed by atoms with Gasteiger partial charge in [0, 0.05) is 12.1 Å². The summed E-state index contributed by atoms with van der Waals surface area (Å²) in [5, 5.41) is 0. The zero-order valence-corrected chi connectivity index (χ0v) is 12.7. The van der Waals surface area contributed by atoms with Crippen molar-refractivity contribution in [2.45, 2.75) is 38.4 Å². The van der Waals surface area contributed by atoms with Crippen molar-refractivity contribution < 1.29 is 0 Å². The van der Waals surface area contributed by atoms with Crippen molar-refractivity contribution in [2.24, 2.45) is 0 Å². The molecule has 0 aliphatic carbocycles. The van der Waals surface area contributed by atoms with Crippen LogP contribution >= 0.6 is 0 Å². The highest BCUT2D eigenvalue weighted by atomic mass is 15.2. The molecule has 0 bridgehead atoms. The summed E-state index contributed by atoms with van der Waals surface area (Å²) in [7, 11) is 0. The van der Waals surface area contributed by atoms with Gasteiger partial charge in [0.15, 0.2) is 0 Å². The van der Waals surface area contributed by atoms with Crippen LogP contribution in [-0.4, -0.2) is 4.90 Å². The Morgan fingerprint density at radius 1 is 0.905 bits per heavy atom. The van der Waals surface area contributed by atoms with Gasteiger partial charge in [-0.3, -0.25) is 4.90 Å². The van der Waals surface area contributed by atoms with Crippen molar-refractivity contribution >= 4 is 0 Å². The molecule has 2 aromatic carbocycles. The summed E-state index contributed by atoms with van der Waals surface area (Å²) in [6.07, 6.45) is 3.60. The third kappa shape index (κ3) is 1.96. The van der Waals surface area contributed by atoms with Gasteiger partial charge in [0.05, 0.1) is 6.04 Å². The summed E-state index contributed by atoms with van der Waals surface area (Å²) in [5.41, 5.74) is 5.93. The highest BCUT2D eigenvalue weighted by Crippen LogP contribution is 2.51. The number of hydrogen-bond acceptors (Lipinski definition) is 1. The van der Waals surface area contributed by atoms with E-state index in [1.165, 1.54) is 22.3 Å². The minimum Gasteiger partial charge on any atom is -0.279 e. The second kappa shape index (κ2) is 4.85. The molecule has 4 rings (SSSR count). The van der Waals surface area contributed by atoms with Crippen LogP contribution in [0.5, 0.6) is 0 Å². The summed E-state index contributed by atoms with van der Waals surface area (Å²) >= 11 is 0. The van der Waals surface area contributed by atoms with Gasteiger partial charge in [-0.05, 0) is 37.0 Å². The molecule has 106 valence electrons. The molecule has 0 aromatic heterocycles. The van der Waals surface area contributed by atoms with E-state index >= 15 is 0 Å². The van der Waals surface area contributed by atoms with Crippen LogP contribution in [0.2, 0.25) is 0 Å². The molecule has 0 spiro atoms. The summed E-state index contributed by atoms with van der Waals surface area (Å²) < 4.78 is 0. The largest absolute Gasteiger partial charge is 0.279 e. The average Bonchev–Trinajstić information content (AvgIpc) is 2.81. The molecule has 1 nitrogen and oxygen atoms in total. The standard InChI is InChI=1S/C20H21N/c1-14-12-19(16-8-4-3-5-9-16)21-15(2)17-10-6-7-11-18(17)20(21)13-14/h3-11,13,15,19-20H,12H2,1-2H3/t15-,19-,20-/m0/s1. The third-order valence-corrected chi connectivity index (χ3v) is 5.04. The summed E-state index contributed by atoms with van der Waals surface area (Å²) in [6.45, 7) is 4.63. The van der Waals surface area contributed by atoms with Crippen molar-refractivity contribution in [3.8, 4) is 0 Å². The first kappa shape index (κ1) is 12.8. The van der Waals surface area contributed by atoms with Gasteiger partial charge in [-0.15, -0.1) is 0 Å². The maximum absolute atomic E-state index is 2.69.